The average molecular weight is 329 g/mol. The van der Waals surface area contributed by atoms with Crippen LogP contribution < -0.4 is 5.32 Å². The molecule has 0 saturated carbocycles. The Bertz CT molecular complexity index is 674. The van der Waals surface area contributed by atoms with Gasteiger partial charge in [0.25, 0.3) is 0 Å². The molecule has 1 aromatic carbocycles. The first kappa shape index (κ1) is 17.6. The van der Waals surface area contributed by atoms with Crippen LogP contribution in [0.15, 0.2) is 48.7 Å². The summed E-state index contributed by atoms with van der Waals surface area (Å²) in [6.45, 7) is 2.50. The van der Waals surface area contributed by atoms with Crippen molar-refractivity contribution >= 4 is 11.8 Å². The van der Waals surface area contributed by atoms with Crippen molar-refractivity contribution in [1.29, 1.82) is 0 Å². The van der Waals surface area contributed by atoms with Gasteiger partial charge in [-0.2, -0.15) is 0 Å². The van der Waals surface area contributed by atoms with Crippen LogP contribution in [0.1, 0.15) is 24.6 Å². The summed E-state index contributed by atoms with van der Waals surface area (Å²) >= 11 is 0. The maximum absolute atomic E-state index is 12.8. The van der Waals surface area contributed by atoms with E-state index in [9.17, 15) is 14.0 Å². The highest BCUT2D eigenvalue weighted by Crippen LogP contribution is 2.04. The molecule has 0 bridgehead atoms. The van der Waals surface area contributed by atoms with Gasteiger partial charge in [0, 0.05) is 32.6 Å². The summed E-state index contributed by atoms with van der Waals surface area (Å²) in [7, 11) is 0. The summed E-state index contributed by atoms with van der Waals surface area (Å²) in [4.78, 5) is 29.4. The first-order valence-electron chi connectivity index (χ1n) is 7.71. The lowest BCUT2D eigenvalue weighted by atomic mass is 10.2. The molecule has 2 aromatic rings. The average Bonchev–Trinajstić information content (AvgIpc) is 2.58. The van der Waals surface area contributed by atoms with E-state index in [1.54, 1.807) is 23.2 Å². The van der Waals surface area contributed by atoms with Gasteiger partial charge in [0.1, 0.15) is 5.82 Å². The number of nitrogens with one attached hydrogen (secondary N) is 1. The summed E-state index contributed by atoms with van der Waals surface area (Å²) < 4.78 is 12.8. The van der Waals surface area contributed by atoms with Gasteiger partial charge in [-0.1, -0.05) is 18.2 Å². The molecule has 24 heavy (non-hydrogen) atoms. The Morgan fingerprint density at radius 3 is 2.54 bits per heavy atom. The number of pyridine rings is 1. The largest absolute Gasteiger partial charge is 0.352 e. The summed E-state index contributed by atoms with van der Waals surface area (Å²) in [6.07, 6.45) is 1.87. The number of nitrogens with zero attached hydrogens (tertiary/aromatic N) is 2. The van der Waals surface area contributed by atoms with E-state index in [0.29, 0.717) is 19.6 Å². The Balaban J connectivity index is 1.79. The monoisotopic (exact) mass is 329 g/mol. The fraction of sp³-hybridized carbons (Fsp3) is 0.278. The highest BCUT2D eigenvalue weighted by atomic mass is 19.1. The molecule has 126 valence electrons. The number of benzene rings is 1. The summed E-state index contributed by atoms with van der Waals surface area (Å²) in [5.74, 6) is -0.574. The molecule has 0 spiro atoms. The van der Waals surface area contributed by atoms with Crippen molar-refractivity contribution in [3.05, 3.63) is 65.7 Å². The zero-order valence-corrected chi connectivity index (χ0v) is 13.5. The van der Waals surface area contributed by atoms with Crippen LogP contribution in [0, 0.1) is 5.82 Å². The third-order valence-corrected chi connectivity index (χ3v) is 3.54. The van der Waals surface area contributed by atoms with Crippen LogP contribution in [0.2, 0.25) is 0 Å². The van der Waals surface area contributed by atoms with Crippen LogP contribution >= 0.6 is 0 Å². The molecular formula is C18H20FN3O2. The van der Waals surface area contributed by atoms with Gasteiger partial charge in [0.15, 0.2) is 0 Å². The molecule has 2 amide bonds. The van der Waals surface area contributed by atoms with E-state index in [2.05, 4.69) is 10.3 Å². The van der Waals surface area contributed by atoms with Crippen molar-refractivity contribution in [2.75, 3.05) is 6.54 Å². The maximum atomic E-state index is 12.8. The van der Waals surface area contributed by atoms with Gasteiger partial charge >= 0.3 is 0 Å². The Labute approximate surface area is 140 Å². The molecule has 0 atom stereocenters. The number of carbonyl (C=O) groups excluding carboxylic acids is 2. The van der Waals surface area contributed by atoms with E-state index in [1.807, 2.05) is 18.2 Å². The Kier molecular flexibility index (Phi) is 6.42. The van der Waals surface area contributed by atoms with Gasteiger partial charge in [-0.3, -0.25) is 14.6 Å². The SMILES string of the molecule is CC(=O)N(CCC(=O)NCc1ccc(F)cc1)Cc1ccccn1. The topological polar surface area (TPSA) is 62.3 Å². The Morgan fingerprint density at radius 2 is 1.92 bits per heavy atom. The molecular weight excluding hydrogens is 309 g/mol. The van der Waals surface area contributed by atoms with E-state index < -0.39 is 0 Å². The predicted molar refractivity (Wildman–Crippen MR) is 88.2 cm³/mol. The molecule has 5 nitrogen and oxygen atoms in total. The molecule has 2 rings (SSSR count). The van der Waals surface area contributed by atoms with E-state index in [0.717, 1.165) is 11.3 Å². The quantitative estimate of drug-likeness (QED) is 0.848. The van der Waals surface area contributed by atoms with Gasteiger partial charge in [-0.15, -0.1) is 0 Å². The maximum Gasteiger partial charge on any atom is 0.222 e. The number of amides is 2. The standard InChI is InChI=1S/C18H20FN3O2/c1-14(23)22(13-17-4-2-3-10-20-17)11-9-18(24)21-12-15-5-7-16(19)8-6-15/h2-8,10H,9,11-13H2,1H3,(H,21,24). The fourth-order valence-corrected chi connectivity index (χ4v) is 2.16. The molecule has 0 radical (unpaired) electrons. The lowest BCUT2D eigenvalue weighted by Crippen LogP contribution is -2.33. The number of rotatable bonds is 7. The number of carbonyl (C=O) groups is 2. The van der Waals surface area contributed by atoms with Crippen molar-refractivity contribution in [3.8, 4) is 0 Å². The highest BCUT2D eigenvalue weighted by molar-refractivity contribution is 5.78. The zero-order valence-electron chi connectivity index (χ0n) is 13.5. The van der Waals surface area contributed by atoms with Crippen molar-refractivity contribution < 1.29 is 14.0 Å². The fourth-order valence-electron chi connectivity index (χ4n) is 2.16. The van der Waals surface area contributed by atoms with Crippen LogP contribution in [0.25, 0.3) is 0 Å². The summed E-state index contributed by atoms with van der Waals surface area (Å²) in [6, 6.07) is 11.5. The number of hydrogen-bond acceptors (Lipinski definition) is 3. The molecule has 1 N–H and O–H groups in total. The van der Waals surface area contributed by atoms with Crippen molar-refractivity contribution in [3.63, 3.8) is 0 Å². The van der Waals surface area contributed by atoms with Crippen LogP contribution in [-0.4, -0.2) is 28.2 Å². The highest BCUT2D eigenvalue weighted by Gasteiger charge is 2.12. The van der Waals surface area contributed by atoms with Crippen LogP contribution in [0.5, 0.6) is 0 Å². The molecule has 6 heteroatoms. The van der Waals surface area contributed by atoms with Crippen LogP contribution in [0.3, 0.4) is 0 Å². The minimum atomic E-state index is -0.309. The first-order chi connectivity index (χ1) is 11.5. The molecule has 0 fully saturated rings. The van der Waals surface area contributed by atoms with Gasteiger partial charge in [0.2, 0.25) is 11.8 Å². The van der Waals surface area contributed by atoms with Crippen molar-refractivity contribution in [2.24, 2.45) is 0 Å². The van der Waals surface area contributed by atoms with E-state index in [4.69, 9.17) is 0 Å². The first-order valence-corrected chi connectivity index (χ1v) is 7.71. The minimum Gasteiger partial charge on any atom is -0.352 e. The Morgan fingerprint density at radius 1 is 1.17 bits per heavy atom. The van der Waals surface area contributed by atoms with E-state index >= 15 is 0 Å². The van der Waals surface area contributed by atoms with Crippen molar-refractivity contribution in [2.45, 2.75) is 26.4 Å². The lowest BCUT2D eigenvalue weighted by molar-refractivity contribution is -0.130. The van der Waals surface area contributed by atoms with Gasteiger partial charge in [-0.05, 0) is 29.8 Å². The third kappa shape index (κ3) is 5.79. The second-order valence-electron chi connectivity index (χ2n) is 5.41. The summed E-state index contributed by atoms with van der Waals surface area (Å²) in [5.41, 5.74) is 1.60. The molecule has 0 aliphatic carbocycles. The number of hydrogen-bond donors (Lipinski definition) is 1. The molecule has 0 aliphatic rings. The Hall–Kier alpha value is -2.76. The number of halogens is 1. The second kappa shape index (κ2) is 8.76. The third-order valence-electron chi connectivity index (χ3n) is 3.54. The van der Waals surface area contributed by atoms with Crippen molar-refractivity contribution in [1.82, 2.24) is 15.2 Å². The predicted octanol–water partition coefficient (Wildman–Crippen LogP) is 2.28. The van der Waals surface area contributed by atoms with Gasteiger partial charge < -0.3 is 10.2 Å². The van der Waals surface area contributed by atoms with Crippen LogP contribution in [-0.2, 0) is 22.7 Å². The minimum absolute atomic E-state index is 0.105. The molecule has 0 saturated heterocycles. The summed E-state index contributed by atoms with van der Waals surface area (Å²) in [5, 5.41) is 2.76. The van der Waals surface area contributed by atoms with Crippen LogP contribution in [0.4, 0.5) is 4.39 Å². The normalized spacial score (nSPS) is 10.2. The smallest absolute Gasteiger partial charge is 0.222 e. The van der Waals surface area contributed by atoms with E-state index in [-0.39, 0.29) is 24.1 Å². The lowest BCUT2D eigenvalue weighted by Gasteiger charge is -2.20. The van der Waals surface area contributed by atoms with Gasteiger partial charge in [0.05, 0.1) is 12.2 Å². The number of aromatic nitrogens is 1. The molecule has 1 heterocycles. The second-order valence-corrected chi connectivity index (χ2v) is 5.41. The van der Waals surface area contributed by atoms with Gasteiger partial charge in [-0.25, -0.2) is 4.39 Å². The molecule has 0 unspecified atom stereocenters. The molecule has 0 aliphatic heterocycles. The molecule has 1 aromatic heterocycles. The van der Waals surface area contributed by atoms with E-state index in [1.165, 1.54) is 19.1 Å². The zero-order chi connectivity index (χ0) is 17.4.